The van der Waals surface area contributed by atoms with Crippen LogP contribution in [0.1, 0.15) is 19.8 Å². The quantitative estimate of drug-likeness (QED) is 0.856. The smallest absolute Gasteiger partial charge is 0.142 e. The van der Waals surface area contributed by atoms with Crippen LogP contribution in [0.15, 0.2) is 12.5 Å². The molecule has 2 heterocycles. The Bertz CT molecular complexity index is 345. The molecule has 5 heteroatoms. The van der Waals surface area contributed by atoms with Crippen LogP contribution in [0.5, 0.6) is 0 Å². The van der Waals surface area contributed by atoms with Crippen molar-refractivity contribution < 1.29 is 0 Å². The Morgan fingerprint density at radius 1 is 1.62 bits per heavy atom. The second-order valence-corrected chi connectivity index (χ2v) is 5.19. The molecule has 1 aromatic heterocycles. The van der Waals surface area contributed by atoms with Gasteiger partial charge in [-0.2, -0.15) is 0 Å². The van der Waals surface area contributed by atoms with E-state index in [-0.39, 0.29) is 0 Å². The van der Waals surface area contributed by atoms with Crippen LogP contribution in [0.3, 0.4) is 0 Å². The highest BCUT2D eigenvalue weighted by molar-refractivity contribution is 14.1. The van der Waals surface area contributed by atoms with Gasteiger partial charge in [-0.1, -0.05) is 6.92 Å². The zero-order valence-electron chi connectivity index (χ0n) is 9.49. The molecule has 1 atom stereocenters. The minimum atomic E-state index is 0.663. The maximum atomic E-state index is 4.24. The molecule has 1 saturated heterocycles. The lowest BCUT2D eigenvalue weighted by atomic mass is 10.2. The number of halogens is 1. The molecule has 1 aromatic rings. The normalized spacial score (nSPS) is 21.2. The van der Waals surface area contributed by atoms with Gasteiger partial charge in [0.1, 0.15) is 12.1 Å². The fraction of sp³-hybridized carbons (Fsp3) is 0.636. The van der Waals surface area contributed by atoms with E-state index in [1.54, 1.807) is 6.33 Å². The van der Waals surface area contributed by atoms with Gasteiger partial charge in [-0.05, 0) is 48.5 Å². The molecule has 0 aliphatic carbocycles. The molecule has 0 radical (unpaired) electrons. The van der Waals surface area contributed by atoms with Gasteiger partial charge in [0.05, 0.1) is 3.57 Å². The Morgan fingerprint density at radius 2 is 2.50 bits per heavy atom. The van der Waals surface area contributed by atoms with Crippen molar-refractivity contribution in [2.24, 2.45) is 0 Å². The van der Waals surface area contributed by atoms with Crippen LogP contribution >= 0.6 is 22.6 Å². The van der Waals surface area contributed by atoms with E-state index in [2.05, 4.69) is 49.7 Å². The molecule has 0 aromatic carbocycles. The lowest BCUT2D eigenvalue weighted by Gasteiger charge is -2.23. The highest BCUT2D eigenvalue weighted by atomic mass is 127. The van der Waals surface area contributed by atoms with E-state index in [0.717, 1.165) is 22.5 Å². The number of nitrogens with zero attached hydrogens (tertiary/aromatic N) is 3. The third-order valence-corrected chi connectivity index (χ3v) is 3.87. The highest BCUT2D eigenvalue weighted by Gasteiger charge is 2.22. The maximum absolute atomic E-state index is 4.24. The molecule has 0 spiro atoms. The molecular formula is C11H17IN4. The van der Waals surface area contributed by atoms with Crippen LogP contribution < -0.4 is 5.32 Å². The van der Waals surface area contributed by atoms with Gasteiger partial charge in [0, 0.05) is 18.8 Å². The third-order valence-electron chi connectivity index (χ3n) is 3.08. The van der Waals surface area contributed by atoms with Crippen LogP contribution in [-0.2, 0) is 0 Å². The summed E-state index contributed by atoms with van der Waals surface area (Å²) in [5.74, 6) is 0.957. The Hall–Kier alpha value is -0.430. The Balaban J connectivity index is 1.90. The van der Waals surface area contributed by atoms with Crippen LogP contribution in [0.25, 0.3) is 0 Å². The molecule has 88 valence electrons. The molecule has 1 aliphatic heterocycles. The number of rotatable bonds is 4. The summed E-state index contributed by atoms with van der Waals surface area (Å²) < 4.78 is 1.08. The largest absolute Gasteiger partial charge is 0.368 e. The molecule has 16 heavy (non-hydrogen) atoms. The van der Waals surface area contributed by atoms with Crippen molar-refractivity contribution in [1.29, 1.82) is 0 Å². The Kier molecular flexibility index (Phi) is 4.34. The predicted octanol–water partition coefficient (Wildman–Crippen LogP) is 1.98. The fourth-order valence-electron chi connectivity index (χ4n) is 2.20. The SMILES string of the molecule is CCN1CCCC1CNc1ncncc1I. The summed E-state index contributed by atoms with van der Waals surface area (Å²) in [4.78, 5) is 10.8. The van der Waals surface area contributed by atoms with Crippen molar-refractivity contribution in [1.82, 2.24) is 14.9 Å². The molecule has 0 saturated carbocycles. The van der Waals surface area contributed by atoms with Gasteiger partial charge >= 0.3 is 0 Å². The molecule has 1 fully saturated rings. The fourth-order valence-corrected chi connectivity index (χ4v) is 2.69. The van der Waals surface area contributed by atoms with Gasteiger partial charge in [0.25, 0.3) is 0 Å². The average Bonchev–Trinajstić information content (AvgIpc) is 2.75. The second kappa shape index (κ2) is 5.77. The number of aromatic nitrogens is 2. The number of hydrogen-bond acceptors (Lipinski definition) is 4. The van der Waals surface area contributed by atoms with Crippen molar-refractivity contribution in [2.45, 2.75) is 25.8 Å². The molecule has 2 rings (SSSR count). The van der Waals surface area contributed by atoms with Crippen molar-refractivity contribution in [3.63, 3.8) is 0 Å². The summed E-state index contributed by atoms with van der Waals surface area (Å²) in [5, 5.41) is 3.42. The average molecular weight is 332 g/mol. The van der Waals surface area contributed by atoms with E-state index in [9.17, 15) is 0 Å². The van der Waals surface area contributed by atoms with Crippen LogP contribution in [-0.4, -0.2) is 40.5 Å². The zero-order chi connectivity index (χ0) is 11.4. The maximum Gasteiger partial charge on any atom is 0.142 e. The number of likely N-dealkylation sites (tertiary alicyclic amines) is 1. The first-order valence-electron chi connectivity index (χ1n) is 5.74. The van der Waals surface area contributed by atoms with E-state index >= 15 is 0 Å². The number of anilines is 1. The first kappa shape index (κ1) is 12.0. The topological polar surface area (TPSA) is 41.0 Å². The van der Waals surface area contributed by atoms with Crippen LogP contribution in [0.4, 0.5) is 5.82 Å². The molecule has 1 N–H and O–H groups in total. The number of hydrogen-bond donors (Lipinski definition) is 1. The lowest BCUT2D eigenvalue weighted by Crippen LogP contribution is -2.34. The van der Waals surface area contributed by atoms with E-state index < -0.39 is 0 Å². The van der Waals surface area contributed by atoms with Crippen molar-refractivity contribution in [3.8, 4) is 0 Å². The predicted molar refractivity (Wildman–Crippen MR) is 73.5 cm³/mol. The highest BCUT2D eigenvalue weighted by Crippen LogP contribution is 2.18. The van der Waals surface area contributed by atoms with Gasteiger partial charge in [-0.3, -0.25) is 4.90 Å². The summed E-state index contributed by atoms with van der Waals surface area (Å²) in [6, 6.07) is 0.663. The van der Waals surface area contributed by atoms with E-state index in [1.807, 2.05) is 6.20 Å². The second-order valence-electron chi connectivity index (χ2n) is 4.02. The summed E-state index contributed by atoms with van der Waals surface area (Å²) in [6.07, 6.45) is 6.04. The number of likely N-dealkylation sites (N-methyl/N-ethyl adjacent to an activating group) is 1. The summed E-state index contributed by atoms with van der Waals surface area (Å²) in [7, 11) is 0. The first-order valence-corrected chi connectivity index (χ1v) is 6.82. The van der Waals surface area contributed by atoms with E-state index in [4.69, 9.17) is 0 Å². The van der Waals surface area contributed by atoms with Crippen LogP contribution in [0.2, 0.25) is 0 Å². The zero-order valence-corrected chi connectivity index (χ0v) is 11.6. The Labute approximate surface area is 110 Å². The lowest BCUT2D eigenvalue weighted by molar-refractivity contribution is 0.277. The summed E-state index contributed by atoms with van der Waals surface area (Å²) >= 11 is 2.26. The molecule has 0 amide bonds. The van der Waals surface area contributed by atoms with Crippen molar-refractivity contribution >= 4 is 28.4 Å². The first-order chi connectivity index (χ1) is 7.81. The van der Waals surface area contributed by atoms with E-state index in [1.165, 1.54) is 19.4 Å². The standard InChI is InChI=1S/C11H17IN4/c1-2-16-5-3-4-9(16)6-14-11-10(12)7-13-8-15-11/h7-9H,2-6H2,1H3,(H,13,14,15). The minimum absolute atomic E-state index is 0.663. The molecule has 0 bridgehead atoms. The molecular weight excluding hydrogens is 315 g/mol. The monoisotopic (exact) mass is 332 g/mol. The van der Waals surface area contributed by atoms with Crippen LogP contribution in [0, 0.1) is 3.57 Å². The van der Waals surface area contributed by atoms with Gasteiger partial charge in [-0.25, -0.2) is 9.97 Å². The number of nitrogens with one attached hydrogen (secondary N) is 1. The van der Waals surface area contributed by atoms with Gasteiger partial charge in [0.2, 0.25) is 0 Å². The van der Waals surface area contributed by atoms with Gasteiger partial charge in [-0.15, -0.1) is 0 Å². The summed E-state index contributed by atoms with van der Waals surface area (Å²) in [6.45, 7) is 5.60. The van der Waals surface area contributed by atoms with Gasteiger partial charge < -0.3 is 5.32 Å². The van der Waals surface area contributed by atoms with Crippen molar-refractivity contribution in [2.75, 3.05) is 25.0 Å². The molecule has 1 aliphatic rings. The third kappa shape index (κ3) is 2.82. The van der Waals surface area contributed by atoms with E-state index in [0.29, 0.717) is 6.04 Å². The minimum Gasteiger partial charge on any atom is -0.368 e. The van der Waals surface area contributed by atoms with Gasteiger partial charge in [0.15, 0.2) is 0 Å². The van der Waals surface area contributed by atoms with Crippen molar-refractivity contribution in [3.05, 3.63) is 16.1 Å². The molecule has 1 unspecified atom stereocenters. The summed E-state index contributed by atoms with van der Waals surface area (Å²) in [5.41, 5.74) is 0. The Morgan fingerprint density at radius 3 is 3.25 bits per heavy atom. The molecule has 4 nitrogen and oxygen atoms in total.